The lowest BCUT2D eigenvalue weighted by Gasteiger charge is -2.24. The third-order valence-electron chi connectivity index (χ3n) is 3.80. The van der Waals surface area contributed by atoms with Crippen LogP contribution in [-0.2, 0) is 14.8 Å². The Balaban J connectivity index is 2.41. The van der Waals surface area contributed by atoms with Crippen LogP contribution in [0.25, 0.3) is 0 Å². The Hall–Kier alpha value is -1.47. The Morgan fingerprint density at radius 2 is 2.04 bits per heavy atom. The first-order valence-electron chi connectivity index (χ1n) is 7.50. The number of carbonyl (C=O) groups excluding carboxylic acids is 1. The number of carbonyl (C=O) groups is 1. The average Bonchev–Trinajstić information content (AvgIpc) is 2.67. The number of fused-ring (bicyclic) bond motifs is 1. The fourth-order valence-corrected chi connectivity index (χ4v) is 3.71. The van der Waals surface area contributed by atoms with Crippen molar-refractivity contribution in [3.05, 3.63) is 23.2 Å². The summed E-state index contributed by atoms with van der Waals surface area (Å²) in [6.45, 7) is 5.13. The lowest BCUT2D eigenvalue weighted by Crippen LogP contribution is -2.42. The molecule has 23 heavy (non-hydrogen) atoms. The van der Waals surface area contributed by atoms with Crippen molar-refractivity contribution in [2.24, 2.45) is 0 Å². The van der Waals surface area contributed by atoms with Gasteiger partial charge in [-0.1, -0.05) is 11.6 Å². The number of anilines is 1. The standard InChI is InChI=1S/C15H21ClN2O4S/c1-4-17(5-2)15(19)14-8-9-18(23(3,20)21)12-10-11(16)6-7-13(12)22-14/h6-7,10,14H,4-5,8-9H2,1-3H3. The van der Waals surface area contributed by atoms with Gasteiger partial charge in [-0.15, -0.1) is 0 Å². The quantitative estimate of drug-likeness (QED) is 0.825. The van der Waals surface area contributed by atoms with Crippen molar-refractivity contribution in [2.45, 2.75) is 26.4 Å². The molecule has 0 spiro atoms. The topological polar surface area (TPSA) is 66.9 Å². The molecule has 0 N–H and O–H groups in total. The number of rotatable bonds is 4. The van der Waals surface area contributed by atoms with Crippen LogP contribution in [0.2, 0.25) is 5.02 Å². The van der Waals surface area contributed by atoms with Crippen molar-refractivity contribution >= 4 is 33.2 Å². The minimum atomic E-state index is -3.49. The number of nitrogens with zero attached hydrogens (tertiary/aromatic N) is 2. The van der Waals surface area contributed by atoms with E-state index in [-0.39, 0.29) is 18.9 Å². The number of likely N-dealkylation sites (N-methyl/N-ethyl adjacent to an activating group) is 1. The van der Waals surface area contributed by atoms with Crippen molar-refractivity contribution in [1.82, 2.24) is 4.90 Å². The van der Waals surface area contributed by atoms with E-state index < -0.39 is 16.1 Å². The van der Waals surface area contributed by atoms with Gasteiger partial charge in [0.2, 0.25) is 10.0 Å². The van der Waals surface area contributed by atoms with Crippen LogP contribution in [0, 0.1) is 0 Å². The van der Waals surface area contributed by atoms with Crippen molar-refractivity contribution in [1.29, 1.82) is 0 Å². The van der Waals surface area contributed by atoms with Gasteiger partial charge in [0.25, 0.3) is 5.91 Å². The van der Waals surface area contributed by atoms with Gasteiger partial charge in [-0.3, -0.25) is 9.10 Å². The third-order valence-corrected chi connectivity index (χ3v) is 5.22. The summed E-state index contributed by atoms with van der Waals surface area (Å²) < 4.78 is 31.2. The number of ether oxygens (including phenoxy) is 1. The van der Waals surface area contributed by atoms with Gasteiger partial charge in [-0.25, -0.2) is 8.42 Å². The zero-order valence-corrected chi connectivity index (χ0v) is 15.0. The van der Waals surface area contributed by atoms with Gasteiger partial charge in [0.15, 0.2) is 6.10 Å². The number of benzene rings is 1. The fraction of sp³-hybridized carbons (Fsp3) is 0.533. The Morgan fingerprint density at radius 3 is 2.61 bits per heavy atom. The van der Waals surface area contributed by atoms with E-state index in [2.05, 4.69) is 0 Å². The number of halogens is 1. The second-order valence-corrected chi connectivity index (χ2v) is 7.70. The highest BCUT2D eigenvalue weighted by Gasteiger charge is 2.32. The van der Waals surface area contributed by atoms with Crippen molar-refractivity contribution in [3.63, 3.8) is 0 Å². The predicted octanol–water partition coefficient (Wildman–Crippen LogP) is 2.13. The molecule has 0 saturated carbocycles. The van der Waals surface area contributed by atoms with Crippen LogP contribution in [0.5, 0.6) is 5.75 Å². The molecule has 2 rings (SSSR count). The van der Waals surface area contributed by atoms with E-state index >= 15 is 0 Å². The second kappa shape index (κ2) is 6.97. The van der Waals surface area contributed by atoms with Gasteiger partial charge in [0.1, 0.15) is 5.75 Å². The molecule has 1 aromatic rings. The van der Waals surface area contributed by atoms with Crippen LogP contribution < -0.4 is 9.04 Å². The first-order valence-corrected chi connectivity index (χ1v) is 9.73. The number of sulfonamides is 1. The van der Waals surface area contributed by atoms with Gasteiger partial charge in [-0.2, -0.15) is 0 Å². The smallest absolute Gasteiger partial charge is 0.263 e. The minimum Gasteiger partial charge on any atom is -0.478 e. The van der Waals surface area contributed by atoms with Crippen LogP contribution in [0.1, 0.15) is 20.3 Å². The van der Waals surface area contributed by atoms with Crippen LogP contribution >= 0.6 is 11.6 Å². The summed E-state index contributed by atoms with van der Waals surface area (Å²) in [5, 5.41) is 0.412. The Kier molecular flexibility index (Phi) is 5.41. The summed E-state index contributed by atoms with van der Waals surface area (Å²) >= 11 is 5.99. The molecule has 0 aromatic heterocycles. The second-order valence-electron chi connectivity index (χ2n) is 5.35. The molecule has 0 bridgehead atoms. The van der Waals surface area contributed by atoms with E-state index in [4.69, 9.17) is 16.3 Å². The van der Waals surface area contributed by atoms with Gasteiger partial charge in [-0.05, 0) is 32.0 Å². The van der Waals surface area contributed by atoms with Crippen molar-refractivity contribution in [2.75, 3.05) is 30.2 Å². The summed E-state index contributed by atoms with van der Waals surface area (Å²) in [5.74, 6) is 0.217. The highest BCUT2D eigenvalue weighted by atomic mass is 35.5. The maximum Gasteiger partial charge on any atom is 0.263 e. The van der Waals surface area contributed by atoms with E-state index in [1.54, 1.807) is 23.1 Å². The Bertz CT molecular complexity index is 689. The lowest BCUT2D eigenvalue weighted by molar-refractivity contribution is -0.138. The van der Waals surface area contributed by atoms with Crippen LogP contribution in [0.3, 0.4) is 0 Å². The molecule has 128 valence electrons. The number of amides is 1. The summed E-state index contributed by atoms with van der Waals surface area (Å²) in [6.07, 6.45) is 0.709. The molecule has 0 radical (unpaired) electrons. The van der Waals surface area contributed by atoms with Crippen molar-refractivity contribution < 1.29 is 17.9 Å². The summed E-state index contributed by atoms with van der Waals surface area (Å²) in [4.78, 5) is 14.2. The zero-order valence-electron chi connectivity index (χ0n) is 13.5. The summed E-state index contributed by atoms with van der Waals surface area (Å²) in [5.41, 5.74) is 0.370. The van der Waals surface area contributed by atoms with E-state index in [9.17, 15) is 13.2 Å². The third kappa shape index (κ3) is 3.90. The van der Waals surface area contributed by atoms with E-state index in [0.29, 0.717) is 29.5 Å². The van der Waals surface area contributed by atoms with Gasteiger partial charge < -0.3 is 9.64 Å². The Labute approximate surface area is 142 Å². The van der Waals surface area contributed by atoms with Crippen LogP contribution in [0.4, 0.5) is 5.69 Å². The van der Waals surface area contributed by atoms with E-state index in [1.807, 2.05) is 13.8 Å². The molecule has 0 aliphatic carbocycles. The molecule has 1 aliphatic rings. The van der Waals surface area contributed by atoms with Crippen LogP contribution in [-0.4, -0.2) is 51.2 Å². The normalized spacial score (nSPS) is 17.9. The first-order chi connectivity index (χ1) is 10.8. The number of hydrogen-bond donors (Lipinski definition) is 0. The molecule has 1 amide bonds. The molecule has 1 unspecified atom stereocenters. The minimum absolute atomic E-state index is 0.133. The predicted molar refractivity (Wildman–Crippen MR) is 90.6 cm³/mol. The van der Waals surface area contributed by atoms with Gasteiger partial charge in [0.05, 0.1) is 11.9 Å². The first kappa shape index (κ1) is 17.9. The maximum absolute atomic E-state index is 12.6. The lowest BCUT2D eigenvalue weighted by atomic mass is 10.2. The molecule has 0 fully saturated rings. The summed E-state index contributed by atoms with van der Waals surface area (Å²) in [7, 11) is -3.49. The molecule has 1 atom stereocenters. The monoisotopic (exact) mass is 360 g/mol. The highest BCUT2D eigenvalue weighted by Crippen LogP contribution is 2.36. The fourth-order valence-electron chi connectivity index (χ4n) is 2.61. The molecule has 0 saturated heterocycles. The molecule has 1 aromatic carbocycles. The largest absolute Gasteiger partial charge is 0.478 e. The van der Waals surface area contributed by atoms with Crippen LogP contribution in [0.15, 0.2) is 18.2 Å². The van der Waals surface area contributed by atoms with E-state index in [0.717, 1.165) is 6.26 Å². The maximum atomic E-state index is 12.6. The Morgan fingerprint density at radius 1 is 1.39 bits per heavy atom. The van der Waals surface area contributed by atoms with Crippen molar-refractivity contribution in [3.8, 4) is 5.75 Å². The molecular formula is C15H21ClN2O4S. The van der Waals surface area contributed by atoms with Gasteiger partial charge in [0, 0.05) is 31.1 Å². The van der Waals surface area contributed by atoms with Gasteiger partial charge >= 0.3 is 0 Å². The molecule has 1 heterocycles. The molecular weight excluding hydrogens is 340 g/mol. The molecule has 8 heteroatoms. The highest BCUT2D eigenvalue weighted by molar-refractivity contribution is 7.92. The summed E-state index contributed by atoms with van der Waals surface area (Å²) in [6, 6.07) is 4.76. The SMILES string of the molecule is CCN(CC)C(=O)C1CCN(S(C)(=O)=O)c2cc(Cl)ccc2O1. The van der Waals surface area contributed by atoms with E-state index in [1.165, 1.54) is 4.31 Å². The number of hydrogen-bond acceptors (Lipinski definition) is 4. The average molecular weight is 361 g/mol. The molecule has 1 aliphatic heterocycles. The molecule has 6 nitrogen and oxygen atoms in total. The zero-order chi connectivity index (χ0) is 17.2.